The summed E-state index contributed by atoms with van der Waals surface area (Å²) in [5.41, 5.74) is -0.804. The lowest BCUT2D eigenvalue weighted by molar-refractivity contribution is -0.166. The van der Waals surface area contributed by atoms with Crippen LogP contribution in [0.2, 0.25) is 0 Å². The minimum Gasteiger partial charge on any atom is -0.465 e. The van der Waals surface area contributed by atoms with Gasteiger partial charge < -0.3 is 9.47 Å². The van der Waals surface area contributed by atoms with Gasteiger partial charge in [-0.3, -0.25) is 8.98 Å². The van der Waals surface area contributed by atoms with Crippen LogP contribution in [0, 0.1) is 28.1 Å². The van der Waals surface area contributed by atoms with Crippen LogP contribution in [0.25, 0.3) is 0 Å². The third-order valence-electron chi connectivity index (χ3n) is 6.34. The van der Waals surface area contributed by atoms with Crippen LogP contribution in [-0.4, -0.2) is 39.8 Å². The van der Waals surface area contributed by atoms with Crippen LogP contribution in [0.5, 0.6) is 0 Å². The van der Waals surface area contributed by atoms with Crippen molar-refractivity contribution in [3.8, 4) is 0 Å². The second kappa shape index (κ2) is 7.85. The second-order valence-electron chi connectivity index (χ2n) is 10.9. The SMILES string of the molecule is CC(C)(C)CC(C)(C(=O)OCC1CC2OC1CC2COS(N)(=O)=O)C(C)(C)C. The predicted octanol–water partition coefficient (Wildman–Crippen LogP) is 3.03. The van der Waals surface area contributed by atoms with E-state index in [1.807, 2.05) is 6.92 Å². The molecule has 0 aromatic heterocycles. The van der Waals surface area contributed by atoms with Gasteiger partial charge in [-0.05, 0) is 37.0 Å². The summed E-state index contributed by atoms with van der Waals surface area (Å²) in [6.45, 7) is 15.0. The van der Waals surface area contributed by atoms with Crippen LogP contribution in [-0.2, 0) is 28.8 Å². The number of esters is 1. The second-order valence-corrected chi connectivity index (χ2v) is 12.1. The van der Waals surface area contributed by atoms with Gasteiger partial charge in [-0.25, -0.2) is 5.14 Å². The van der Waals surface area contributed by atoms with E-state index in [4.69, 9.17) is 18.8 Å². The van der Waals surface area contributed by atoms with Crippen LogP contribution in [0.4, 0.5) is 0 Å². The summed E-state index contributed by atoms with van der Waals surface area (Å²) in [7, 11) is -3.93. The average molecular weight is 420 g/mol. The van der Waals surface area contributed by atoms with Crippen molar-refractivity contribution in [2.75, 3.05) is 13.2 Å². The summed E-state index contributed by atoms with van der Waals surface area (Å²) in [5, 5.41) is 4.89. The zero-order chi connectivity index (χ0) is 21.5. The van der Waals surface area contributed by atoms with Crippen LogP contribution in [0.15, 0.2) is 0 Å². The first-order chi connectivity index (χ1) is 12.5. The van der Waals surface area contributed by atoms with Crippen molar-refractivity contribution in [3.05, 3.63) is 0 Å². The van der Waals surface area contributed by atoms with Crippen molar-refractivity contribution < 1.29 is 26.9 Å². The Balaban J connectivity index is 1.92. The first-order valence-corrected chi connectivity index (χ1v) is 11.5. The molecule has 2 fully saturated rings. The van der Waals surface area contributed by atoms with Crippen molar-refractivity contribution in [2.24, 2.45) is 33.2 Å². The Morgan fingerprint density at radius 3 is 1.89 bits per heavy atom. The molecule has 2 aliphatic rings. The van der Waals surface area contributed by atoms with E-state index in [9.17, 15) is 13.2 Å². The molecule has 0 aliphatic carbocycles. The van der Waals surface area contributed by atoms with Crippen LogP contribution < -0.4 is 5.14 Å². The number of ether oxygens (including phenoxy) is 2. The molecule has 2 bridgehead atoms. The van der Waals surface area contributed by atoms with Gasteiger partial charge in [0.05, 0.1) is 30.8 Å². The maximum Gasteiger partial charge on any atom is 0.333 e. The molecule has 2 heterocycles. The zero-order valence-corrected chi connectivity index (χ0v) is 19.1. The molecule has 2 saturated heterocycles. The molecular weight excluding hydrogens is 382 g/mol. The van der Waals surface area contributed by atoms with Gasteiger partial charge in [0.1, 0.15) is 0 Å². The molecule has 5 atom stereocenters. The Kier molecular flexibility index (Phi) is 6.61. The molecule has 2 aliphatic heterocycles. The lowest BCUT2D eigenvalue weighted by atomic mass is 9.61. The van der Waals surface area contributed by atoms with E-state index in [1.54, 1.807) is 0 Å². The molecule has 5 unspecified atom stereocenters. The van der Waals surface area contributed by atoms with Gasteiger partial charge in [-0.2, -0.15) is 8.42 Å². The van der Waals surface area contributed by atoms with E-state index in [2.05, 4.69) is 41.5 Å². The lowest BCUT2D eigenvalue weighted by Gasteiger charge is -2.43. The molecule has 0 aromatic rings. The monoisotopic (exact) mass is 419 g/mol. The molecule has 2 rings (SSSR count). The van der Waals surface area contributed by atoms with E-state index >= 15 is 0 Å². The quantitative estimate of drug-likeness (QED) is 0.636. The normalized spacial score (nSPS) is 30.3. The van der Waals surface area contributed by atoms with Gasteiger partial charge in [-0.15, -0.1) is 0 Å². The topological polar surface area (TPSA) is 105 Å². The molecule has 28 heavy (non-hydrogen) atoms. The highest BCUT2D eigenvalue weighted by atomic mass is 32.2. The number of carbonyl (C=O) groups is 1. The van der Waals surface area contributed by atoms with Gasteiger partial charge in [0.25, 0.3) is 0 Å². The summed E-state index contributed by atoms with van der Waals surface area (Å²) in [6.07, 6.45) is 2.07. The minimum atomic E-state index is -3.93. The van der Waals surface area contributed by atoms with Gasteiger partial charge >= 0.3 is 16.3 Å². The highest BCUT2D eigenvalue weighted by molar-refractivity contribution is 7.84. The molecule has 164 valence electrons. The zero-order valence-electron chi connectivity index (χ0n) is 18.3. The largest absolute Gasteiger partial charge is 0.465 e. The Hall–Kier alpha value is -0.700. The minimum absolute atomic E-state index is 0.00708. The first kappa shape index (κ1) is 23.6. The molecule has 0 radical (unpaired) electrons. The molecular formula is C20H37NO6S. The van der Waals surface area contributed by atoms with Gasteiger partial charge in [-0.1, -0.05) is 41.5 Å². The summed E-state index contributed by atoms with van der Waals surface area (Å²) >= 11 is 0. The van der Waals surface area contributed by atoms with Crippen LogP contribution >= 0.6 is 0 Å². The fourth-order valence-electron chi connectivity index (χ4n) is 4.42. The fraction of sp³-hybridized carbons (Fsp3) is 0.950. The summed E-state index contributed by atoms with van der Waals surface area (Å²) in [4.78, 5) is 13.1. The van der Waals surface area contributed by atoms with Crippen LogP contribution in [0.1, 0.15) is 67.7 Å². The smallest absolute Gasteiger partial charge is 0.333 e. The van der Waals surface area contributed by atoms with Crippen molar-refractivity contribution in [1.82, 2.24) is 0 Å². The van der Waals surface area contributed by atoms with E-state index in [-0.39, 0.29) is 47.4 Å². The number of nitrogens with two attached hydrogens (primary N) is 1. The van der Waals surface area contributed by atoms with Gasteiger partial charge in [0.15, 0.2) is 0 Å². The van der Waals surface area contributed by atoms with Crippen LogP contribution in [0.3, 0.4) is 0 Å². The molecule has 7 nitrogen and oxygen atoms in total. The molecule has 0 spiro atoms. The van der Waals surface area contributed by atoms with E-state index < -0.39 is 15.7 Å². The third-order valence-corrected chi connectivity index (χ3v) is 6.80. The third kappa shape index (κ3) is 5.68. The summed E-state index contributed by atoms with van der Waals surface area (Å²) in [5.74, 6) is -0.0126. The summed E-state index contributed by atoms with van der Waals surface area (Å²) < 4.78 is 38.4. The average Bonchev–Trinajstić information content (AvgIpc) is 3.06. The maximum absolute atomic E-state index is 13.1. The molecule has 0 saturated carbocycles. The standard InChI is InChI=1S/C20H37NO6S/c1-18(2,3)12-20(7,19(4,5)6)17(22)25-10-13-8-16-14(9-15(13)27-16)11-26-28(21,23)24/h13-16H,8-12H2,1-7H3,(H2,21,23,24). The van der Waals surface area contributed by atoms with Crippen molar-refractivity contribution >= 4 is 16.3 Å². The Bertz CT molecular complexity index is 678. The summed E-state index contributed by atoms with van der Waals surface area (Å²) in [6, 6.07) is 0. The maximum atomic E-state index is 13.1. The number of fused-ring (bicyclic) bond motifs is 2. The van der Waals surface area contributed by atoms with E-state index in [0.717, 1.165) is 12.8 Å². The Morgan fingerprint density at radius 2 is 1.50 bits per heavy atom. The van der Waals surface area contributed by atoms with E-state index in [1.165, 1.54) is 0 Å². The Labute approximate surface area is 169 Å². The van der Waals surface area contributed by atoms with Crippen molar-refractivity contribution in [1.29, 1.82) is 0 Å². The molecule has 8 heteroatoms. The van der Waals surface area contributed by atoms with E-state index in [0.29, 0.717) is 13.0 Å². The first-order valence-electron chi connectivity index (χ1n) is 10.0. The van der Waals surface area contributed by atoms with Gasteiger partial charge in [0, 0.05) is 11.8 Å². The van der Waals surface area contributed by atoms with Gasteiger partial charge in [0.2, 0.25) is 0 Å². The van der Waals surface area contributed by atoms with Crippen molar-refractivity contribution in [3.63, 3.8) is 0 Å². The molecule has 0 aromatic carbocycles. The number of rotatable bonds is 7. The predicted molar refractivity (Wildman–Crippen MR) is 107 cm³/mol. The number of hydrogen-bond acceptors (Lipinski definition) is 6. The number of carbonyl (C=O) groups excluding carboxylic acids is 1. The fourth-order valence-corrected chi connectivity index (χ4v) is 4.79. The number of hydrogen-bond donors (Lipinski definition) is 1. The lowest BCUT2D eigenvalue weighted by Crippen LogP contribution is -2.45. The highest BCUT2D eigenvalue weighted by Crippen LogP contribution is 2.48. The highest BCUT2D eigenvalue weighted by Gasteiger charge is 2.50. The van der Waals surface area contributed by atoms with Crippen molar-refractivity contribution in [2.45, 2.75) is 79.9 Å². The molecule has 2 N–H and O–H groups in total. The molecule has 0 amide bonds. The Morgan fingerprint density at radius 1 is 1.00 bits per heavy atom.